The molecule has 0 fully saturated rings. The fourth-order valence-corrected chi connectivity index (χ4v) is 29.4. The Labute approximate surface area is 324 Å². The van der Waals surface area contributed by atoms with E-state index in [0.717, 1.165) is 11.0 Å². The first-order chi connectivity index (χ1) is 24.3. The number of benzene rings is 4. The van der Waals surface area contributed by atoms with Gasteiger partial charge in [0.1, 0.15) is 0 Å². The van der Waals surface area contributed by atoms with E-state index in [1.54, 1.807) is 22.3 Å². The summed E-state index contributed by atoms with van der Waals surface area (Å²) in [4.78, 5) is 9.78. The minimum atomic E-state index is -3.79. The molecule has 6 heteroatoms. The number of nitrogens with zero attached hydrogens (tertiary/aromatic N) is 2. The Morgan fingerprint density at radius 3 is 1.42 bits per heavy atom. The molecule has 266 valence electrons. The first-order valence-corrected chi connectivity index (χ1v) is 32.4. The van der Waals surface area contributed by atoms with Crippen LogP contribution in [0.3, 0.4) is 0 Å². The molecule has 2 unspecified atom stereocenters. The topological polar surface area (TPSA) is 25.8 Å². The maximum Gasteiger partial charge on any atom is -0.147 e. The van der Waals surface area contributed by atoms with Crippen LogP contribution in [0, 0.1) is 0 Å². The van der Waals surface area contributed by atoms with Gasteiger partial charge in [-0.1, -0.05) is 0 Å². The molecule has 0 N–H and O–H groups in total. The standard InChI is InChI=1S/2C22H20N.2CH3.2ClH.H2Si.Zr/c2*1-2-3-7-16-12-17-9-6-10-20(21(17)13-16)19-14-18-8-4-5-11-22(18)23-15-19;;;;;;/h2*4-6,8-15H,2-3,7H2,1H3;2*1H3;2*1H;1H2;. The van der Waals surface area contributed by atoms with Crippen LogP contribution in [-0.2, 0) is 17.4 Å². The van der Waals surface area contributed by atoms with Crippen molar-refractivity contribution in [3.05, 3.63) is 143 Å². The summed E-state index contributed by atoms with van der Waals surface area (Å²) in [5.74, 6) is 0. The van der Waals surface area contributed by atoms with Crippen LogP contribution in [-0.4, -0.2) is 16.8 Å². The second-order valence-corrected chi connectivity index (χ2v) is 46.4. The van der Waals surface area contributed by atoms with Crippen LogP contribution in [0.1, 0.15) is 81.9 Å². The normalized spacial score (nSPS) is 16.5. The predicted molar refractivity (Wildman–Crippen MR) is 230 cm³/mol. The Hall–Kier alpha value is -3.14. The van der Waals surface area contributed by atoms with Crippen LogP contribution in [0.2, 0.25) is 9.26 Å². The van der Waals surface area contributed by atoms with Crippen LogP contribution in [0.5, 0.6) is 0 Å². The van der Waals surface area contributed by atoms with Crippen molar-refractivity contribution in [3.63, 3.8) is 0 Å². The van der Waals surface area contributed by atoms with E-state index in [1.165, 1.54) is 82.7 Å². The number of hydrogen-bond acceptors (Lipinski definition) is 2. The average molecular weight is 821 g/mol. The van der Waals surface area contributed by atoms with E-state index in [0.29, 0.717) is 7.25 Å². The Morgan fingerprint density at radius 1 is 0.577 bits per heavy atom. The third-order valence-electron chi connectivity index (χ3n) is 11.6. The summed E-state index contributed by atoms with van der Waals surface area (Å²) in [6.07, 6.45) is 16.7. The number of pyridine rings is 2. The Bertz CT molecular complexity index is 2260. The number of aromatic nitrogens is 2. The summed E-state index contributed by atoms with van der Waals surface area (Å²) in [6.45, 7) is 7.15. The molecule has 0 saturated heterocycles. The molecule has 8 rings (SSSR count). The molecular weight excluding hydrogens is 771 g/mol. The van der Waals surface area contributed by atoms with Gasteiger partial charge in [0.2, 0.25) is 0 Å². The van der Waals surface area contributed by atoms with E-state index in [-0.39, 0.29) is 24.8 Å². The maximum absolute atomic E-state index is 4.89. The van der Waals surface area contributed by atoms with Crippen molar-refractivity contribution in [1.29, 1.82) is 0 Å². The van der Waals surface area contributed by atoms with Crippen molar-refractivity contribution >= 4 is 65.7 Å². The van der Waals surface area contributed by atoms with Gasteiger partial charge < -0.3 is 0 Å². The minimum Gasteiger partial charge on any atom is -0.147 e. The number of para-hydroxylation sites is 2. The van der Waals surface area contributed by atoms with Gasteiger partial charge in [0.15, 0.2) is 0 Å². The van der Waals surface area contributed by atoms with Gasteiger partial charge in [0.25, 0.3) is 0 Å². The Balaban J connectivity index is 0.00000232. The van der Waals surface area contributed by atoms with Gasteiger partial charge in [-0.3, -0.25) is 0 Å². The number of unbranched alkanes of at least 4 members (excludes halogenated alkanes) is 2. The van der Waals surface area contributed by atoms with E-state index >= 15 is 0 Å². The van der Waals surface area contributed by atoms with Gasteiger partial charge in [-0.05, 0) is 0 Å². The largest absolute Gasteiger partial charge is 0.147 e. The number of allylic oxidation sites excluding steroid dienone is 2. The van der Waals surface area contributed by atoms with Crippen molar-refractivity contribution < 1.29 is 17.4 Å². The second-order valence-electron chi connectivity index (χ2n) is 15.9. The average Bonchev–Trinajstić information content (AvgIpc) is 3.72. The summed E-state index contributed by atoms with van der Waals surface area (Å²) < 4.78 is 6.59. The molecule has 0 radical (unpaired) electrons. The zero-order valence-electron chi connectivity index (χ0n) is 30.9. The summed E-state index contributed by atoms with van der Waals surface area (Å²) in [6, 6.07) is 35.9. The number of fused-ring (bicyclic) bond motifs is 4. The third-order valence-corrected chi connectivity index (χ3v) is 29.1. The quantitative estimate of drug-likeness (QED) is 0.129. The first kappa shape index (κ1) is 38.6. The minimum absolute atomic E-state index is 0. The predicted octanol–water partition coefficient (Wildman–Crippen LogP) is 13.3. The van der Waals surface area contributed by atoms with Gasteiger partial charge in [-0.2, -0.15) is 0 Å². The molecule has 2 nitrogen and oxygen atoms in total. The van der Waals surface area contributed by atoms with Crippen molar-refractivity contribution in [2.45, 2.75) is 68.9 Å². The SMILES string of the molecule is CCCCC1=Cc2c(-c3cnc4ccccc4c3)cccc2[CH]1[Zr]([CH3])([CH3])(=[SiH2])[CH]1C(CCCC)=Cc2c(-c3cnc4ccccc4c3)cccc21.Cl.Cl. The smallest absolute Gasteiger partial charge is 0.147 e. The fourth-order valence-electron chi connectivity index (χ4n) is 9.47. The number of halogens is 2. The van der Waals surface area contributed by atoms with Crippen molar-refractivity contribution in [2.24, 2.45) is 0 Å². The van der Waals surface area contributed by atoms with Gasteiger partial charge in [-0.25, -0.2) is 0 Å². The molecule has 2 aromatic heterocycles. The third kappa shape index (κ3) is 6.75. The van der Waals surface area contributed by atoms with Crippen LogP contribution in [0.4, 0.5) is 0 Å². The van der Waals surface area contributed by atoms with Crippen LogP contribution < -0.4 is 0 Å². The zero-order chi connectivity index (χ0) is 34.5. The maximum atomic E-state index is 4.89. The fraction of sp³-hybridized carbons (Fsp3) is 0.261. The molecule has 0 amide bonds. The molecule has 2 aliphatic carbocycles. The molecular formula is C46H50Cl2N2SiZr. The van der Waals surface area contributed by atoms with Gasteiger partial charge >= 0.3 is 302 Å². The van der Waals surface area contributed by atoms with Crippen molar-refractivity contribution in [2.75, 3.05) is 0 Å². The van der Waals surface area contributed by atoms with Crippen LogP contribution in [0.25, 0.3) is 56.2 Å². The molecule has 0 bridgehead atoms. The van der Waals surface area contributed by atoms with Crippen LogP contribution >= 0.6 is 24.8 Å². The zero-order valence-corrected chi connectivity index (χ0v) is 36.4. The van der Waals surface area contributed by atoms with Gasteiger partial charge in [0, 0.05) is 0 Å². The van der Waals surface area contributed by atoms with Crippen molar-refractivity contribution in [3.8, 4) is 22.3 Å². The molecule has 2 atom stereocenters. The second kappa shape index (κ2) is 15.3. The van der Waals surface area contributed by atoms with E-state index in [1.807, 2.05) is 0 Å². The first-order valence-electron chi connectivity index (χ1n) is 18.7. The summed E-state index contributed by atoms with van der Waals surface area (Å²) in [5.41, 5.74) is 16.5. The monoisotopic (exact) mass is 818 g/mol. The van der Waals surface area contributed by atoms with E-state index in [9.17, 15) is 0 Å². The molecule has 6 aromatic rings. The van der Waals surface area contributed by atoms with Gasteiger partial charge in [0.05, 0.1) is 0 Å². The van der Waals surface area contributed by atoms with Gasteiger partial charge in [-0.15, -0.1) is 24.8 Å². The Kier molecular flexibility index (Phi) is 11.4. The molecule has 0 spiro atoms. The molecule has 0 saturated carbocycles. The Morgan fingerprint density at radius 2 is 1.00 bits per heavy atom. The number of rotatable bonds is 10. The van der Waals surface area contributed by atoms with E-state index in [4.69, 9.17) is 9.97 Å². The molecule has 52 heavy (non-hydrogen) atoms. The molecule has 2 aliphatic rings. The van der Waals surface area contributed by atoms with Crippen molar-refractivity contribution in [1.82, 2.24) is 9.97 Å². The molecule has 2 heterocycles. The van der Waals surface area contributed by atoms with Crippen LogP contribution in [0.15, 0.2) is 121 Å². The van der Waals surface area contributed by atoms with E-state index < -0.39 is 17.4 Å². The molecule has 0 aliphatic heterocycles. The van der Waals surface area contributed by atoms with E-state index in [2.05, 4.69) is 152 Å². The summed E-state index contributed by atoms with van der Waals surface area (Å²) >= 11 is -3.79. The number of hydrogen-bond donors (Lipinski definition) is 0. The summed E-state index contributed by atoms with van der Waals surface area (Å²) in [5, 5.41) is 2.40. The molecule has 4 aromatic carbocycles. The summed E-state index contributed by atoms with van der Waals surface area (Å²) in [7, 11) is 0.